The van der Waals surface area contributed by atoms with Crippen molar-refractivity contribution in [3.63, 3.8) is 0 Å². The molecule has 0 amide bonds. The number of sulfone groups is 1. The van der Waals surface area contributed by atoms with Crippen molar-refractivity contribution in [3.8, 4) is 0 Å². The highest BCUT2D eigenvalue weighted by atomic mass is 79.9. The minimum Gasteiger partial charge on any atom is -0.342 e. The lowest BCUT2D eigenvalue weighted by atomic mass is 10.1. The maximum atomic E-state index is 11.8. The molecule has 0 aliphatic heterocycles. The topological polar surface area (TPSA) is 62.8 Å². The lowest BCUT2D eigenvalue weighted by molar-refractivity contribution is 0.602. The molecule has 0 fully saturated rings. The van der Waals surface area contributed by atoms with Crippen LogP contribution in [-0.2, 0) is 16.3 Å². The molecule has 0 unspecified atom stereocenters. The molecule has 4 nitrogen and oxygen atoms in total. The summed E-state index contributed by atoms with van der Waals surface area (Å²) in [7, 11) is -3.28. The maximum absolute atomic E-state index is 11.8. The second kappa shape index (κ2) is 5.27. The number of nitrogens with zero attached hydrogens (tertiary/aromatic N) is 1. The van der Waals surface area contributed by atoms with E-state index in [0.29, 0.717) is 11.9 Å². The Balaban J connectivity index is 2.03. The van der Waals surface area contributed by atoms with Crippen LogP contribution >= 0.6 is 15.9 Å². The highest BCUT2D eigenvalue weighted by Gasteiger charge is 2.15. The average Bonchev–Trinajstić information content (AvgIpc) is 2.82. The summed E-state index contributed by atoms with van der Waals surface area (Å²) in [4.78, 5) is 7.90. The number of hydrogen-bond acceptors (Lipinski definition) is 3. The molecule has 1 heterocycles. The molecule has 0 aliphatic carbocycles. The summed E-state index contributed by atoms with van der Waals surface area (Å²) in [6.45, 7) is 0. The Morgan fingerprint density at radius 2 is 1.86 bits per heavy atom. The minimum absolute atomic E-state index is 0.262. The van der Waals surface area contributed by atoms with Crippen LogP contribution in [0.2, 0.25) is 0 Å². The molecule has 0 atom stereocenters. The fourth-order valence-corrected chi connectivity index (χ4v) is 3.33. The number of aromatic amines is 1. The van der Waals surface area contributed by atoms with Crippen LogP contribution in [0.3, 0.4) is 0 Å². The second-order valence-corrected chi connectivity index (χ2v) is 7.81. The van der Waals surface area contributed by atoms with Crippen LogP contribution in [0.25, 0.3) is 11.0 Å². The van der Waals surface area contributed by atoms with Crippen LogP contribution in [0.5, 0.6) is 0 Å². The zero-order valence-corrected chi connectivity index (χ0v) is 13.7. The summed E-state index contributed by atoms with van der Waals surface area (Å²) in [5, 5.41) is 0. The van der Waals surface area contributed by atoms with Crippen molar-refractivity contribution in [3.05, 3.63) is 58.3 Å². The Hall–Kier alpha value is -1.66. The van der Waals surface area contributed by atoms with E-state index in [1.165, 1.54) is 6.26 Å². The molecule has 0 saturated carbocycles. The summed E-state index contributed by atoms with van der Waals surface area (Å²) < 4.78 is 24.6. The third-order valence-corrected chi connectivity index (χ3v) is 4.87. The first kappa shape index (κ1) is 14.3. The molecule has 108 valence electrons. The Labute approximate surface area is 131 Å². The van der Waals surface area contributed by atoms with Gasteiger partial charge < -0.3 is 4.98 Å². The molecule has 3 aromatic rings. The van der Waals surface area contributed by atoms with E-state index in [4.69, 9.17) is 0 Å². The van der Waals surface area contributed by atoms with E-state index in [0.717, 1.165) is 21.4 Å². The van der Waals surface area contributed by atoms with Gasteiger partial charge in [-0.1, -0.05) is 34.1 Å². The number of nitrogens with one attached hydrogen (secondary N) is 1. The number of hydrogen-bond donors (Lipinski definition) is 1. The molecule has 1 aromatic heterocycles. The third kappa shape index (κ3) is 3.01. The van der Waals surface area contributed by atoms with Crippen LogP contribution in [0.15, 0.2) is 51.8 Å². The zero-order valence-electron chi connectivity index (χ0n) is 11.3. The van der Waals surface area contributed by atoms with Gasteiger partial charge in [-0.05, 0) is 29.8 Å². The number of rotatable bonds is 3. The van der Waals surface area contributed by atoms with Gasteiger partial charge >= 0.3 is 0 Å². The van der Waals surface area contributed by atoms with Crippen LogP contribution in [-0.4, -0.2) is 24.6 Å². The smallest absolute Gasteiger partial charge is 0.177 e. The summed E-state index contributed by atoms with van der Waals surface area (Å²) in [6, 6.07) is 13.1. The van der Waals surface area contributed by atoms with E-state index < -0.39 is 9.84 Å². The van der Waals surface area contributed by atoms with Gasteiger partial charge in [0.25, 0.3) is 0 Å². The van der Waals surface area contributed by atoms with Gasteiger partial charge in [0.1, 0.15) is 11.3 Å². The highest BCUT2D eigenvalue weighted by molar-refractivity contribution is 9.10. The van der Waals surface area contributed by atoms with Crippen molar-refractivity contribution in [2.75, 3.05) is 6.26 Å². The van der Waals surface area contributed by atoms with Gasteiger partial charge in [0.05, 0.1) is 10.4 Å². The van der Waals surface area contributed by atoms with Crippen LogP contribution < -0.4 is 0 Å². The standard InChI is InChI=1S/C15H13BrN2O2S/c1-21(19,20)13-4-2-3-12-15(13)18-14(17-12)9-10-5-7-11(16)8-6-10/h2-8H,9H2,1H3,(H,17,18). The first-order valence-corrected chi connectivity index (χ1v) is 9.04. The number of H-pyrrole nitrogens is 1. The summed E-state index contributed by atoms with van der Waals surface area (Å²) >= 11 is 3.40. The van der Waals surface area contributed by atoms with E-state index in [1.54, 1.807) is 12.1 Å². The monoisotopic (exact) mass is 364 g/mol. The Morgan fingerprint density at radius 3 is 2.52 bits per heavy atom. The van der Waals surface area contributed by atoms with Gasteiger partial charge in [-0.2, -0.15) is 0 Å². The highest BCUT2D eigenvalue weighted by Crippen LogP contribution is 2.22. The number of para-hydroxylation sites is 1. The summed E-state index contributed by atoms with van der Waals surface area (Å²) in [5.41, 5.74) is 2.36. The summed E-state index contributed by atoms with van der Waals surface area (Å²) in [6.07, 6.45) is 1.83. The van der Waals surface area contributed by atoms with Gasteiger partial charge in [0.15, 0.2) is 9.84 Å². The minimum atomic E-state index is -3.28. The largest absolute Gasteiger partial charge is 0.342 e. The fraction of sp³-hybridized carbons (Fsp3) is 0.133. The molecule has 3 rings (SSSR count). The lowest BCUT2D eigenvalue weighted by Crippen LogP contribution is -1.97. The van der Waals surface area contributed by atoms with Crippen molar-refractivity contribution >= 4 is 36.8 Å². The normalized spacial score (nSPS) is 11.9. The second-order valence-electron chi connectivity index (χ2n) is 4.91. The van der Waals surface area contributed by atoms with Gasteiger partial charge in [-0.25, -0.2) is 13.4 Å². The number of aromatic nitrogens is 2. The molecule has 2 aromatic carbocycles. The summed E-state index contributed by atoms with van der Waals surface area (Å²) in [5.74, 6) is 0.753. The van der Waals surface area contributed by atoms with Crippen molar-refractivity contribution in [2.24, 2.45) is 0 Å². The SMILES string of the molecule is CS(=O)(=O)c1cccc2[nH]c(Cc3ccc(Br)cc3)nc12. The van der Waals surface area contributed by atoms with E-state index in [2.05, 4.69) is 25.9 Å². The van der Waals surface area contributed by atoms with Crippen molar-refractivity contribution in [2.45, 2.75) is 11.3 Å². The van der Waals surface area contributed by atoms with E-state index in [1.807, 2.05) is 30.3 Å². The molecular weight excluding hydrogens is 352 g/mol. The fourth-order valence-electron chi connectivity index (χ4n) is 2.24. The molecule has 1 N–H and O–H groups in total. The van der Waals surface area contributed by atoms with Gasteiger partial charge in [-0.15, -0.1) is 0 Å². The molecule has 0 bridgehead atoms. The molecule has 0 aliphatic rings. The molecule has 6 heteroatoms. The maximum Gasteiger partial charge on any atom is 0.177 e. The number of fused-ring (bicyclic) bond motifs is 1. The number of benzene rings is 2. The third-order valence-electron chi connectivity index (χ3n) is 3.21. The van der Waals surface area contributed by atoms with Crippen molar-refractivity contribution in [1.82, 2.24) is 9.97 Å². The predicted octanol–water partition coefficient (Wildman–Crippen LogP) is 3.32. The molecule has 21 heavy (non-hydrogen) atoms. The number of halogens is 1. The van der Waals surface area contributed by atoms with E-state index in [-0.39, 0.29) is 4.90 Å². The van der Waals surface area contributed by atoms with E-state index in [9.17, 15) is 8.42 Å². The number of imidazole rings is 1. The van der Waals surface area contributed by atoms with Crippen LogP contribution in [0, 0.1) is 0 Å². The molecular formula is C15H13BrN2O2S. The Morgan fingerprint density at radius 1 is 1.14 bits per heavy atom. The Bertz CT molecular complexity index is 899. The lowest BCUT2D eigenvalue weighted by Gasteiger charge is -1.98. The van der Waals surface area contributed by atoms with Crippen LogP contribution in [0.1, 0.15) is 11.4 Å². The molecule has 0 saturated heterocycles. The van der Waals surface area contributed by atoms with Crippen molar-refractivity contribution < 1.29 is 8.42 Å². The average molecular weight is 365 g/mol. The van der Waals surface area contributed by atoms with Gasteiger partial charge in [0, 0.05) is 17.1 Å². The molecule has 0 spiro atoms. The van der Waals surface area contributed by atoms with Gasteiger partial charge in [0.2, 0.25) is 0 Å². The van der Waals surface area contributed by atoms with Gasteiger partial charge in [-0.3, -0.25) is 0 Å². The van der Waals surface area contributed by atoms with Crippen LogP contribution in [0.4, 0.5) is 0 Å². The zero-order chi connectivity index (χ0) is 15.0. The van der Waals surface area contributed by atoms with E-state index >= 15 is 0 Å². The predicted molar refractivity (Wildman–Crippen MR) is 86.2 cm³/mol. The Kier molecular flexibility index (Phi) is 3.59. The first-order valence-electron chi connectivity index (χ1n) is 6.35. The van der Waals surface area contributed by atoms with Crippen molar-refractivity contribution in [1.29, 1.82) is 0 Å². The quantitative estimate of drug-likeness (QED) is 0.775. The first-order chi connectivity index (χ1) is 9.93. The molecule has 0 radical (unpaired) electrons.